The first-order valence-corrected chi connectivity index (χ1v) is 5.75. The monoisotopic (exact) mass is 193 g/mol. The maximum atomic E-state index is 5.80. The fraction of sp³-hybridized carbons (Fsp3) is 0.455. The summed E-state index contributed by atoms with van der Waals surface area (Å²) in [6, 6.07) is 2.54. The van der Waals surface area contributed by atoms with Gasteiger partial charge in [-0.3, -0.25) is 0 Å². The van der Waals surface area contributed by atoms with Gasteiger partial charge in [-0.05, 0) is 48.1 Å². The Hall–Kier alpha value is -0.600. The van der Waals surface area contributed by atoms with Gasteiger partial charge in [0.05, 0.1) is 0 Å². The van der Waals surface area contributed by atoms with Crippen LogP contribution in [0.5, 0.6) is 0 Å². The van der Waals surface area contributed by atoms with Crippen molar-refractivity contribution in [1.29, 1.82) is 0 Å². The molecule has 1 aromatic heterocycles. The zero-order valence-corrected chi connectivity index (χ0v) is 8.52. The van der Waals surface area contributed by atoms with Crippen LogP contribution in [-0.4, -0.2) is 6.04 Å². The van der Waals surface area contributed by atoms with Gasteiger partial charge in [-0.1, -0.05) is 11.6 Å². The van der Waals surface area contributed by atoms with E-state index in [9.17, 15) is 0 Å². The molecule has 70 valence electrons. The molecule has 0 aliphatic heterocycles. The molecule has 1 aliphatic rings. The number of nitrogens with two attached hydrogens (primary N) is 1. The summed E-state index contributed by atoms with van der Waals surface area (Å²) in [5, 5.41) is 4.37. The van der Waals surface area contributed by atoms with Crippen LogP contribution >= 0.6 is 11.3 Å². The molecule has 0 saturated carbocycles. The van der Waals surface area contributed by atoms with Gasteiger partial charge in [-0.25, -0.2) is 0 Å². The lowest BCUT2D eigenvalue weighted by atomic mass is 10.1. The van der Waals surface area contributed by atoms with E-state index in [1.54, 1.807) is 16.9 Å². The van der Waals surface area contributed by atoms with Gasteiger partial charge < -0.3 is 5.73 Å². The average molecular weight is 193 g/mol. The van der Waals surface area contributed by atoms with Crippen LogP contribution in [0.3, 0.4) is 0 Å². The lowest BCUT2D eigenvalue weighted by Crippen LogP contribution is -2.11. The molecule has 2 rings (SSSR count). The second-order valence-corrected chi connectivity index (χ2v) is 4.44. The standard InChI is InChI=1S/C11H15NS/c12-11-4-3-9(7-11)1-2-10-5-6-13-8-10/h5-8,11H,1-4,12H2. The number of hydrogen-bond acceptors (Lipinski definition) is 2. The molecule has 0 bridgehead atoms. The van der Waals surface area contributed by atoms with Crippen LogP contribution in [0.1, 0.15) is 24.8 Å². The van der Waals surface area contributed by atoms with Crippen LogP contribution in [0.4, 0.5) is 0 Å². The van der Waals surface area contributed by atoms with Crippen molar-refractivity contribution in [2.45, 2.75) is 31.7 Å². The lowest BCUT2D eigenvalue weighted by molar-refractivity contribution is 0.762. The molecule has 1 atom stereocenters. The van der Waals surface area contributed by atoms with Gasteiger partial charge in [0.15, 0.2) is 0 Å². The van der Waals surface area contributed by atoms with E-state index in [0.717, 1.165) is 6.42 Å². The van der Waals surface area contributed by atoms with Crippen molar-refractivity contribution in [1.82, 2.24) is 0 Å². The third kappa shape index (κ3) is 2.42. The van der Waals surface area contributed by atoms with Crippen molar-refractivity contribution in [3.8, 4) is 0 Å². The van der Waals surface area contributed by atoms with Crippen molar-refractivity contribution in [3.63, 3.8) is 0 Å². The van der Waals surface area contributed by atoms with E-state index in [1.807, 2.05) is 0 Å². The van der Waals surface area contributed by atoms with Gasteiger partial charge in [0.25, 0.3) is 0 Å². The Labute approximate surface area is 83.3 Å². The zero-order valence-electron chi connectivity index (χ0n) is 7.70. The molecule has 13 heavy (non-hydrogen) atoms. The number of allylic oxidation sites excluding steroid dienone is 1. The van der Waals surface area contributed by atoms with Gasteiger partial charge in [0.1, 0.15) is 0 Å². The largest absolute Gasteiger partial charge is 0.324 e. The highest BCUT2D eigenvalue weighted by atomic mass is 32.1. The van der Waals surface area contributed by atoms with E-state index in [1.165, 1.54) is 24.8 Å². The summed E-state index contributed by atoms with van der Waals surface area (Å²) in [4.78, 5) is 0. The van der Waals surface area contributed by atoms with E-state index in [4.69, 9.17) is 5.73 Å². The molecule has 1 aliphatic carbocycles. The molecule has 0 radical (unpaired) electrons. The molecule has 2 heteroatoms. The van der Waals surface area contributed by atoms with Crippen molar-refractivity contribution in [2.24, 2.45) is 5.73 Å². The number of hydrogen-bond donors (Lipinski definition) is 1. The van der Waals surface area contributed by atoms with Crippen LogP contribution < -0.4 is 5.73 Å². The van der Waals surface area contributed by atoms with Gasteiger partial charge in [0, 0.05) is 6.04 Å². The van der Waals surface area contributed by atoms with Crippen molar-refractivity contribution >= 4 is 11.3 Å². The molecule has 0 saturated heterocycles. The zero-order chi connectivity index (χ0) is 9.10. The Morgan fingerprint density at radius 2 is 2.38 bits per heavy atom. The van der Waals surface area contributed by atoms with Gasteiger partial charge >= 0.3 is 0 Å². The summed E-state index contributed by atoms with van der Waals surface area (Å²) in [7, 11) is 0. The minimum absolute atomic E-state index is 0.331. The SMILES string of the molecule is NC1C=C(CCc2ccsc2)CC1. The Morgan fingerprint density at radius 1 is 1.46 bits per heavy atom. The predicted octanol–water partition coefficient (Wildman–Crippen LogP) is 2.73. The third-order valence-electron chi connectivity index (χ3n) is 2.56. The van der Waals surface area contributed by atoms with Crippen LogP contribution in [-0.2, 0) is 6.42 Å². The van der Waals surface area contributed by atoms with Gasteiger partial charge in [-0.2, -0.15) is 11.3 Å². The second kappa shape index (κ2) is 4.07. The first-order valence-electron chi connectivity index (χ1n) is 4.81. The van der Waals surface area contributed by atoms with E-state index in [-0.39, 0.29) is 0 Å². The van der Waals surface area contributed by atoms with Crippen molar-refractivity contribution < 1.29 is 0 Å². The molecular weight excluding hydrogens is 178 g/mol. The molecule has 2 N–H and O–H groups in total. The summed E-state index contributed by atoms with van der Waals surface area (Å²) >= 11 is 1.78. The van der Waals surface area contributed by atoms with E-state index >= 15 is 0 Å². The predicted molar refractivity (Wildman–Crippen MR) is 57.9 cm³/mol. The third-order valence-corrected chi connectivity index (χ3v) is 3.30. The van der Waals surface area contributed by atoms with Crippen LogP contribution in [0, 0.1) is 0 Å². The second-order valence-electron chi connectivity index (χ2n) is 3.66. The number of aryl methyl sites for hydroxylation is 1. The molecule has 1 heterocycles. The first kappa shape index (κ1) is 8.97. The van der Waals surface area contributed by atoms with Crippen molar-refractivity contribution in [3.05, 3.63) is 34.0 Å². The Balaban J connectivity index is 1.83. The van der Waals surface area contributed by atoms with E-state index < -0.39 is 0 Å². The van der Waals surface area contributed by atoms with E-state index in [0.29, 0.717) is 6.04 Å². The topological polar surface area (TPSA) is 26.0 Å². The smallest absolute Gasteiger partial charge is 0.0229 e. The summed E-state index contributed by atoms with van der Waals surface area (Å²) in [5.74, 6) is 0. The summed E-state index contributed by atoms with van der Waals surface area (Å²) in [6.45, 7) is 0. The van der Waals surface area contributed by atoms with Crippen molar-refractivity contribution in [2.75, 3.05) is 0 Å². The van der Waals surface area contributed by atoms with Crippen LogP contribution in [0.15, 0.2) is 28.5 Å². The molecule has 1 nitrogen and oxygen atoms in total. The molecule has 0 amide bonds. The molecule has 1 aromatic rings. The fourth-order valence-electron chi connectivity index (χ4n) is 1.77. The highest BCUT2D eigenvalue weighted by Gasteiger charge is 2.11. The highest BCUT2D eigenvalue weighted by Crippen LogP contribution is 2.22. The first-order chi connectivity index (χ1) is 6.34. The maximum Gasteiger partial charge on any atom is 0.0229 e. The molecule has 0 fully saturated rings. The van der Waals surface area contributed by atoms with Crippen LogP contribution in [0.25, 0.3) is 0 Å². The molecule has 0 aromatic carbocycles. The maximum absolute atomic E-state index is 5.80. The quantitative estimate of drug-likeness (QED) is 0.734. The highest BCUT2D eigenvalue weighted by molar-refractivity contribution is 7.07. The van der Waals surface area contributed by atoms with Gasteiger partial charge in [0.2, 0.25) is 0 Å². The summed E-state index contributed by atoms with van der Waals surface area (Å²) in [5.41, 5.74) is 8.82. The minimum Gasteiger partial charge on any atom is -0.324 e. The molecular formula is C11H15NS. The fourth-order valence-corrected chi connectivity index (χ4v) is 2.47. The molecule has 1 unspecified atom stereocenters. The average Bonchev–Trinajstić information content (AvgIpc) is 2.71. The summed E-state index contributed by atoms with van der Waals surface area (Å²) in [6.07, 6.45) is 6.99. The Bertz CT molecular complexity index is 287. The van der Waals surface area contributed by atoms with Crippen LogP contribution in [0.2, 0.25) is 0 Å². The number of rotatable bonds is 3. The Morgan fingerprint density at radius 3 is 3.00 bits per heavy atom. The Kier molecular flexibility index (Phi) is 2.81. The lowest BCUT2D eigenvalue weighted by Gasteiger charge is -1.98. The minimum atomic E-state index is 0.331. The molecule has 0 spiro atoms. The summed E-state index contributed by atoms with van der Waals surface area (Å²) < 4.78 is 0. The van der Waals surface area contributed by atoms with Gasteiger partial charge in [-0.15, -0.1) is 0 Å². The number of thiophene rings is 1. The normalized spacial score (nSPS) is 21.9. The van der Waals surface area contributed by atoms with E-state index in [2.05, 4.69) is 22.9 Å².